The lowest BCUT2D eigenvalue weighted by Crippen LogP contribution is -2.39. The molecule has 2 rings (SSSR count). The number of aromatic nitrogens is 2. The number of fused-ring (bicyclic) bond motifs is 1. The van der Waals surface area contributed by atoms with E-state index < -0.39 is 0 Å². The van der Waals surface area contributed by atoms with Crippen molar-refractivity contribution in [3.05, 3.63) is 17.5 Å². The molecule has 0 saturated heterocycles. The molecular formula is C13H21N3O. The molecule has 4 heteroatoms. The molecule has 0 unspecified atom stereocenters. The van der Waals surface area contributed by atoms with Gasteiger partial charge in [-0.2, -0.15) is 5.10 Å². The summed E-state index contributed by atoms with van der Waals surface area (Å²) < 4.78 is 1.93. The highest BCUT2D eigenvalue weighted by molar-refractivity contribution is 5.81. The van der Waals surface area contributed by atoms with Crippen LogP contribution >= 0.6 is 0 Å². The van der Waals surface area contributed by atoms with Gasteiger partial charge in [0.2, 0.25) is 5.91 Å². The van der Waals surface area contributed by atoms with Gasteiger partial charge >= 0.3 is 0 Å². The van der Waals surface area contributed by atoms with Gasteiger partial charge in [-0.05, 0) is 12.8 Å². The van der Waals surface area contributed by atoms with Crippen LogP contribution in [0, 0.1) is 5.41 Å². The molecule has 0 aromatic carbocycles. The number of amides is 1. The van der Waals surface area contributed by atoms with E-state index >= 15 is 0 Å². The van der Waals surface area contributed by atoms with Crippen LogP contribution in [0.15, 0.2) is 6.20 Å². The smallest absolute Gasteiger partial charge is 0.228 e. The van der Waals surface area contributed by atoms with Crippen molar-refractivity contribution in [2.75, 3.05) is 6.54 Å². The molecule has 1 aromatic rings. The third-order valence-corrected chi connectivity index (χ3v) is 3.28. The van der Waals surface area contributed by atoms with Crippen molar-refractivity contribution < 1.29 is 4.79 Å². The molecule has 17 heavy (non-hydrogen) atoms. The molecule has 2 heterocycles. The standard InChI is InChI=1S/C13H21N3O/c1-13(2,3)12(17)16-7-5-6-11-10(9-16)8-14-15(11)4/h8H,5-7,9H2,1-4H3. The molecular weight excluding hydrogens is 214 g/mol. The summed E-state index contributed by atoms with van der Waals surface area (Å²) in [6.07, 6.45) is 3.93. The third kappa shape index (κ3) is 2.35. The summed E-state index contributed by atoms with van der Waals surface area (Å²) in [6.45, 7) is 7.49. The van der Waals surface area contributed by atoms with E-state index in [1.54, 1.807) is 0 Å². The maximum Gasteiger partial charge on any atom is 0.228 e. The Hall–Kier alpha value is -1.32. The van der Waals surface area contributed by atoms with E-state index in [4.69, 9.17) is 0 Å². The molecule has 1 aromatic heterocycles. The largest absolute Gasteiger partial charge is 0.338 e. The second-order valence-corrected chi connectivity index (χ2v) is 5.82. The topological polar surface area (TPSA) is 38.1 Å². The molecule has 1 amide bonds. The Bertz CT molecular complexity index is 428. The lowest BCUT2D eigenvalue weighted by atomic mass is 9.94. The molecule has 0 N–H and O–H groups in total. The summed E-state index contributed by atoms with van der Waals surface area (Å²) in [5, 5.41) is 4.27. The minimum atomic E-state index is -0.299. The first kappa shape index (κ1) is 12.1. The van der Waals surface area contributed by atoms with Gasteiger partial charge < -0.3 is 4.90 Å². The first-order valence-electron chi connectivity index (χ1n) is 6.18. The molecule has 4 nitrogen and oxygen atoms in total. The summed E-state index contributed by atoms with van der Waals surface area (Å²) in [6, 6.07) is 0. The zero-order valence-electron chi connectivity index (χ0n) is 11.2. The zero-order chi connectivity index (χ0) is 12.6. The number of hydrogen-bond donors (Lipinski definition) is 0. The van der Waals surface area contributed by atoms with E-state index in [1.165, 1.54) is 11.3 Å². The molecule has 0 radical (unpaired) electrons. The van der Waals surface area contributed by atoms with E-state index in [2.05, 4.69) is 5.10 Å². The molecule has 0 aliphatic carbocycles. The SMILES string of the molecule is Cn1ncc2c1CCCN(C(=O)C(C)(C)C)C2. The first-order chi connectivity index (χ1) is 7.89. The van der Waals surface area contributed by atoms with E-state index in [0.717, 1.165) is 19.4 Å². The monoisotopic (exact) mass is 235 g/mol. The molecule has 1 aliphatic rings. The van der Waals surface area contributed by atoms with Crippen molar-refractivity contribution in [1.82, 2.24) is 14.7 Å². The average molecular weight is 235 g/mol. The van der Waals surface area contributed by atoms with Crippen LogP contribution in [0.3, 0.4) is 0 Å². The van der Waals surface area contributed by atoms with Gasteiger partial charge in [0.1, 0.15) is 0 Å². The van der Waals surface area contributed by atoms with Crippen LogP contribution in [0.5, 0.6) is 0 Å². The lowest BCUT2D eigenvalue weighted by Gasteiger charge is -2.28. The molecule has 1 aliphatic heterocycles. The summed E-state index contributed by atoms with van der Waals surface area (Å²) in [4.78, 5) is 14.3. The van der Waals surface area contributed by atoms with Crippen LogP contribution in [0.25, 0.3) is 0 Å². The van der Waals surface area contributed by atoms with Gasteiger partial charge in [-0.25, -0.2) is 0 Å². The molecule has 0 spiro atoms. The fourth-order valence-corrected chi connectivity index (χ4v) is 2.33. The van der Waals surface area contributed by atoms with Gasteiger partial charge in [-0.1, -0.05) is 20.8 Å². The minimum absolute atomic E-state index is 0.231. The van der Waals surface area contributed by atoms with Gasteiger partial charge in [-0.15, -0.1) is 0 Å². The maximum atomic E-state index is 12.3. The van der Waals surface area contributed by atoms with Gasteiger partial charge in [0.25, 0.3) is 0 Å². The third-order valence-electron chi connectivity index (χ3n) is 3.28. The lowest BCUT2D eigenvalue weighted by molar-refractivity contribution is -0.140. The summed E-state index contributed by atoms with van der Waals surface area (Å²) in [5.74, 6) is 0.231. The van der Waals surface area contributed by atoms with Crippen LogP contribution in [0.1, 0.15) is 38.4 Å². The van der Waals surface area contributed by atoms with Crippen LogP contribution in [-0.4, -0.2) is 27.1 Å². The Balaban J connectivity index is 2.22. The predicted molar refractivity (Wildman–Crippen MR) is 66.4 cm³/mol. The molecule has 0 fully saturated rings. The molecule has 94 valence electrons. The normalized spacial score (nSPS) is 16.6. The summed E-state index contributed by atoms with van der Waals surface area (Å²) >= 11 is 0. The van der Waals surface area contributed by atoms with Crippen molar-refractivity contribution in [2.45, 2.75) is 40.2 Å². The molecule has 0 saturated carbocycles. The predicted octanol–water partition coefficient (Wildman–Crippen LogP) is 1.74. The van der Waals surface area contributed by atoms with Crippen LogP contribution < -0.4 is 0 Å². The molecule has 0 bridgehead atoms. The number of nitrogens with zero attached hydrogens (tertiary/aromatic N) is 3. The zero-order valence-corrected chi connectivity index (χ0v) is 11.2. The quantitative estimate of drug-likeness (QED) is 0.687. The Morgan fingerprint density at radius 1 is 1.41 bits per heavy atom. The Kier molecular flexibility index (Phi) is 2.98. The summed E-state index contributed by atoms with van der Waals surface area (Å²) in [7, 11) is 1.97. The fraction of sp³-hybridized carbons (Fsp3) is 0.692. The van der Waals surface area contributed by atoms with Crippen LogP contribution in [0.2, 0.25) is 0 Å². The van der Waals surface area contributed by atoms with Crippen molar-refractivity contribution in [1.29, 1.82) is 0 Å². The van der Waals surface area contributed by atoms with Crippen molar-refractivity contribution in [3.8, 4) is 0 Å². The van der Waals surface area contributed by atoms with E-state index in [1.807, 2.05) is 43.6 Å². The highest BCUT2D eigenvalue weighted by atomic mass is 16.2. The number of carbonyl (C=O) groups is 1. The van der Waals surface area contributed by atoms with Crippen molar-refractivity contribution >= 4 is 5.91 Å². The van der Waals surface area contributed by atoms with E-state index in [9.17, 15) is 4.79 Å². The number of aryl methyl sites for hydroxylation is 1. The fourth-order valence-electron chi connectivity index (χ4n) is 2.33. The highest BCUT2D eigenvalue weighted by Crippen LogP contribution is 2.23. The Morgan fingerprint density at radius 3 is 2.76 bits per heavy atom. The van der Waals surface area contributed by atoms with Gasteiger partial charge in [-0.3, -0.25) is 9.48 Å². The maximum absolute atomic E-state index is 12.3. The van der Waals surface area contributed by atoms with Crippen molar-refractivity contribution in [2.24, 2.45) is 12.5 Å². The Morgan fingerprint density at radius 2 is 2.12 bits per heavy atom. The number of hydrogen-bond acceptors (Lipinski definition) is 2. The van der Waals surface area contributed by atoms with Gasteiger partial charge in [0.05, 0.1) is 6.20 Å². The van der Waals surface area contributed by atoms with Crippen molar-refractivity contribution in [3.63, 3.8) is 0 Å². The minimum Gasteiger partial charge on any atom is -0.338 e. The molecule has 0 atom stereocenters. The van der Waals surface area contributed by atoms with Gasteiger partial charge in [0.15, 0.2) is 0 Å². The van der Waals surface area contributed by atoms with Gasteiger partial charge in [0, 0.05) is 36.8 Å². The van der Waals surface area contributed by atoms with E-state index in [0.29, 0.717) is 6.54 Å². The van der Waals surface area contributed by atoms with E-state index in [-0.39, 0.29) is 11.3 Å². The van der Waals surface area contributed by atoms with Crippen LogP contribution in [-0.2, 0) is 24.8 Å². The second kappa shape index (κ2) is 4.17. The highest BCUT2D eigenvalue weighted by Gasteiger charge is 2.29. The second-order valence-electron chi connectivity index (χ2n) is 5.82. The average Bonchev–Trinajstić information content (AvgIpc) is 2.50. The number of rotatable bonds is 0. The first-order valence-corrected chi connectivity index (χ1v) is 6.18. The van der Waals surface area contributed by atoms with Crippen LogP contribution in [0.4, 0.5) is 0 Å². The summed E-state index contributed by atoms with van der Waals surface area (Å²) in [5.41, 5.74) is 2.17. The number of carbonyl (C=O) groups excluding carboxylic acids is 1. The Labute approximate surface area is 103 Å².